The summed E-state index contributed by atoms with van der Waals surface area (Å²) in [5.74, 6) is 0.412. The van der Waals surface area contributed by atoms with Crippen molar-refractivity contribution in [2.24, 2.45) is 5.92 Å². The number of nitrogens with zero attached hydrogens (tertiary/aromatic N) is 2. The zero-order valence-corrected chi connectivity index (χ0v) is 16.5. The number of piperazine rings is 1. The molecule has 2 unspecified atom stereocenters. The third-order valence-corrected chi connectivity index (χ3v) is 5.68. The van der Waals surface area contributed by atoms with Crippen molar-refractivity contribution in [3.05, 3.63) is 65.5 Å². The van der Waals surface area contributed by atoms with Crippen molar-refractivity contribution in [1.29, 1.82) is 0 Å². The van der Waals surface area contributed by atoms with Crippen LogP contribution < -0.4 is 4.74 Å². The van der Waals surface area contributed by atoms with Crippen LogP contribution in [0, 0.1) is 11.7 Å². The fourth-order valence-electron chi connectivity index (χ4n) is 4.03. The van der Waals surface area contributed by atoms with Crippen molar-refractivity contribution in [3.8, 4) is 5.75 Å². The lowest BCUT2D eigenvalue weighted by atomic mass is 10.1. The third-order valence-electron chi connectivity index (χ3n) is 5.68. The Kier molecular flexibility index (Phi) is 5.51. The number of halogens is 1. The number of rotatable bonds is 5. The Morgan fingerprint density at radius 1 is 1.03 bits per heavy atom. The van der Waals surface area contributed by atoms with Gasteiger partial charge >= 0.3 is 0 Å². The predicted octanol–water partition coefficient (Wildman–Crippen LogP) is 3.31. The first-order valence-corrected chi connectivity index (χ1v) is 10.1. The van der Waals surface area contributed by atoms with Crippen molar-refractivity contribution >= 4 is 11.8 Å². The number of hydrogen-bond donors (Lipinski definition) is 0. The summed E-state index contributed by atoms with van der Waals surface area (Å²) in [6, 6.07) is 13.8. The van der Waals surface area contributed by atoms with Gasteiger partial charge in [-0.05, 0) is 49.1 Å². The molecule has 2 aliphatic rings. The Morgan fingerprint density at radius 2 is 1.76 bits per heavy atom. The molecule has 6 heteroatoms. The van der Waals surface area contributed by atoms with E-state index in [1.54, 1.807) is 23.1 Å². The van der Waals surface area contributed by atoms with Gasteiger partial charge in [0.1, 0.15) is 11.6 Å². The molecule has 0 bridgehead atoms. The van der Waals surface area contributed by atoms with E-state index in [1.807, 2.05) is 30.0 Å². The van der Waals surface area contributed by atoms with Crippen LogP contribution in [0.4, 0.5) is 4.39 Å². The Bertz CT molecular complexity index is 909. The van der Waals surface area contributed by atoms with Gasteiger partial charge in [0.25, 0.3) is 5.91 Å². The van der Waals surface area contributed by atoms with Gasteiger partial charge in [-0.2, -0.15) is 0 Å². The molecule has 29 heavy (non-hydrogen) atoms. The molecule has 0 N–H and O–H groups in total. The summed E-state index contributed by atoms with van der Waals surface area (Å²) in [6.45, 7) is 4.44. The van der Waals surface area contributed by atoms with E-state index in [2.05, 4.69) is 0 Å². The van der Waals surface area contributed by atoms with Crippen molar-refractivity contribution in [2.45, 2.75) is 19.3 Å². The van der Waals surface area contributed by atoms with E-state index in [9.17, 15) is 14.0 Å². The quantitative estimate of drug-likeness (QED) is 0.779. The Labute approximate surface area is 170 Å². The van der Waals surface area contributed by atoms with E-state index in [0.29, 0.717) is 44.1 Å². The van der Waals surface area contributed by atoms with Crippen LogP contribution in [0.25, 0.3) is 0 Å². The topological polar surface area (TPSA) is 49.9 Å². The second-order valence-corrected chi connectivity index (χ2v) is 7.55. The lowest BCUT2D eigenvalue weighted by Gasteiger charge is -2.35. The number of carbonyl (C=O) groups is 2. The van der Waals surface area contributed by atoms with Gasteiger partial charge in [0.2, 0.25) is 5.91 Å². The molecule has 152 valence electrons. The summed E-state index contributed by atoms with van der Waals surface area (Å²) in [6.07, 6.45) is 0.767. The van der Waals surface area contributed by atoms with Crippen molar-refractivity contribution in [3.63, 3.8) is 0 Å². The second-order valence-electron chi connectivity index (χ2n) is 7.55. The van der Waals surface area contributed by atoms with E-state index in [4.69, 9.17) is 4.74 Å². The van der Waals surface area contributed by atoms with Crippen LogP contribution in [-0.2, 0) is 4.79 Å². The summed E-state index contributed by atoms with van der Waals surface area (Å²) in [5, 5.41) is 0. The van der Waals surface area contributed by atoms with Crippen molar-refractivity contribution < 1.29 is 18.7 Å². The fourth-order valence-corrected chi connectivity index (χ4v) is 4.03. The molecule has 1 aliphatic carbocycles. The lowest BCUT2D eigenvalue weighted by Crippen LogP contribution is -2.51. The van der Waals surface area contributed by atoms with Gasteiger partial charge in [0.05, 0.1) is 12.2 Å². The smallest absolute Gasteiger partial charge is 0.257 e. The largest absolute Gasteiger partial charge is 0.493 e. The molecule has 2 atom stereocenters. The predicted molar refractivity (Wildman–Crippen MR) is 107 cm³/mol. The third kappa shape index (κ3) is 4.11. The van der Waals surface area contributed by atoms with E-state index in [1.165, 1.54) is 12.1 Å². The Morgan fingerprint density at radius 3 is 2.48 bits per heavy atom. The van der Waals surface area contributed by atoms with Gasteiger partial charge in [-0.1, -0.05) is 24.3 Å². The van der Waals surface area contributed by atoms with Gasteiger partial charge in [-0.25, -0.2) is 4.39 Å². The SMILES string of the molecule is CCOc1ccccc1C(=O)N1CCN(C(=O)C2CC2c2cccc(F)c2)CC1. The Hall–Kier alpha value is -2.89. The maximum absolute atomic E-state index is 13.4. The minimum atomic E-state index is -0.264. The highest BCUT2D eigenvalue weighted by molar-refractivity contribution is 5.97. The standard InChI is InChI=1S/C23H25FN2O3/c1-2-29-21-9-4-3-8-18(21)22(27)25-10-12-26(13-11-25)23(28)20-15-19(20)16-6-5-7-17(24)14-16/h3-9,14,19-20H,2,10-13,15H2,1H3. The first-order chi connectivity index (χ1) is 14.1. The average molecular weight is 396 g/mol. The van der Waals surface area contributed by atoms with Gasteiger partial charge in [0.15, 0.2) is 0 Å². The molecule has 2 aromatic rings. The highest BCUT2D eigenvalue weighted by Crippen LogP contribution is 2.48. The summed E-state index contributed by atoms with van der Waals surface area (Å²) < 4.78 is 19.0. The number of ether oxygens (including phenoxy) is 1. The van der Waals surface area contributed by atoms with Crippen LogP contribution >= 0.6 is 0 Å². The normalized spacial score (nSPS) is 21.0. The van der Waals surface area contributed by atoms with E-state index >= 15 is 0 Å². The molecule has 2 aromatic carbocycles. The van der Waals surface area contributed by atoms with Crippen LogP contribution in [0.3, 0.4) is 0 Å². The lowest BCUT2D eigenvalue weighted by molar-refractivity contribution is -0.134. The molecule has 1 saturated carbocycles. The maximum atomic E-state index is 13.4. The molecular formula is C23H25FN2O3. The molecule has 5 nitrogen and oxygen atoms in total. The summed E-state index contributed by atoms with van der Waals surface area (Å²) >= 11 is 0. The second kappa shape index (κ2) is 8.23. The first-order valence-electron chi connectivity index (χ1n) is 10.1. The first kappa shape index (κ1) is 19.4. The average Bonchev–Trinajstić information content (AvgIpc) is 3.55. The van der Waals surface area contributed by atoms with Crippen LogP contribution in [0.15, 0.2) is 48.5 Å². The number of benzene rings is 2. The minimum absolute atomic E-state index is 0.0646. The van der Waals surface area contributed by atoms with Crippen molar-refractivity contribution in [1.82, 2.24) is 9.80 Å². The molecule has 0 aromatic heterocycles. The number of para-hydroxylation sites is 1. The van der Waals surface area contributed by atoms with Crippen molar-refractivity contribution in [2.75, 3.05) is 32.8 Å². The molecule has 1 aliphatic heterocycles. The zero-order valence-electron chi connectivity index (χ0n) is 16.5. The monoisotopic (exact) mass is 396 g/mol. The van der Waals surface area contributed by atoms with E-state index < -0.39 is 0 Å². The maximum Gasteiger partial charge on any atom is 0.257 e. The molecule has 1 saturated heterocycles. The molecule has 0 radical (unpaired) electrons. The van der Waals surface area contributed by atoms with Gasteiger partial charge in [-0.3, -0.25) is 9.59 Å². The minimum Gasteiger partial charge on any atom is -0.493 e. The molecule has 0 spiro atoms. The number of hydrogen-bond acceptors (Lipinski definition) is 3. The molecule has 2 fully saturated rings. The molecule has 1 heterocycles. The zero-order chi connectivity index (χ0) is 20.4. The van der Waals surface area contributed by atoms with Gasteiger partial charge in [-0.15, -0.1) is 0 Å². The summed E-state index contributed by atoms with van der Waals surface area (Å²) in [4.78, 5) is 29.3. The van der Waals surface area contributed by atoms with Gasteiger partial charge < -0.3 is 14.5 Å². The van der Waals surface area contributed by atoms with E-state index in [-0.39, 0.29) is 29.5 Å². The highest BCUT2D eigenvalue weighted by Gasteiger charge is 2.46. The van der Waals surface area contributed by atoms with Crippen LogP contribution in [0.2, 0.25) is 0 Å². The number of amides is 2. The van der Waals surface area contributed by atoms with Gasteiger partial charge in [0, 0.05) is 32.1 Å². The molecule has 2 amide bonds. The van der Waals surface area contributed by atoms with Crippen LogP contribution in [-0.4, -0.2) is 54.4 Å². The molecular weight excluding hydrogens is 371 g/mol. The van der Waals surface area contributed by atoms with Crippen LogP contribution in [0.5, 0.6) is 5.75 Å². The molecule has 4 rings (SSSR count). The Balaban J connectivity index is 1.34. The summed E-state index contributed by atoms with van der Waals surface area (Å²) in [5.41, 5.74) is 1.45. The fraction of sp³-hybridized carbons (Fsp3) is 0.391. The van der Waals surface area contributed by atoms with E-state index in [0.717, 1.165) is 12.0 Å². The summed E-state index contributed by atoms with van der Waals surface area (Å²) in [7, 11) is 0. The van der Waals surface area contributed by atoms with Crippen LogP contribution in [0.1, 0.15) is 35.2 Å². The highest BCUT2D eigenvalue weighted by atomic mass is 19.1. The number of carbonyl (C=O) groups excluding carboxylic acids is 2.